The number of nitrogens with zero attached hydrogens (tertiary/aromatic N) is 2. The highest BCUT2D eigenvalue weighted by atomic mass is 127. The normalized spacial score (nSPS) is 15.8. The summed E-state index contributed by atoms with van der Waals surface area (Å²) in [6.45, 7) is 4.35. The highest BCUT2D eigenvalue weighted by Gasteiger charge is 2.36. The van der Waals surface area contributed by atoms with E-state index in [0.717, 1.165) is 34.3 Å². The molecule has 9 heteroatoms. The summed E-state index contributed by atoms with van der Waals surface area (Å²) in [5.41, 5.74) is 2.78. The molecule has 0 radical (unpaired) electrons. The Kier molecular flexibility index (Phi) is 12.5. The van der Waals surface area contributed by atoms with Crippen molar-refractivity contribution in [2.45, 2.75) is 32.3 Å². The van der Waals surface area contributed by atoms with Crippen molar-refractivity contribution >= 4 is 23.5 Å². The number of hydrogen-bond acceptors (Lipinski definition) is 5. The van der Waals surface area contributed by atoms with Crippen LogP contribution in [0.25, 0.3) is 0 Å². The molecule has 0 N–H and O–H groups in total. The Morgan fingerprint density at radius 2 is 1.71 bits per heavy atom. The van der Waals surface area contributed by atoms with Gasteiger partial charge in [-0.15, -0.1) is 0 Å². The van der Waals surface area contributed by atoms with Crippen molar-refractivity contribution in [3.05, 3.63) is 76.0 Å². The van der Waals surface area contributed by atoms with Gasteiger partial charge in [0, 0.05) is 43.1 Å². The zero-order valence-electron chi connectivity index (χ0n) is 22.8. The van der Waals surface area contributed by atoms with E-state index in [4.69, 9.17) is 25.8 Å². The first-order valence-electron chi connectivity index (χ1n) is 12.5. The molecule has 3 rings (SSSR count). The maximum atomic E-state index is 13.4. The Bertz CT molecular complexity index is 1100. The second-order valence-corrected chi connectivity index (χ2v) is 10.7. The summed E-state index contributed by atoms with van der Waals surface area (Å²) in [7, 11) is 8.07. The molecule has 1 unspecified atom stereocenters. The fourth-order valence-corrected chi connectivity index (χ4v) is 4.48. The number of rotatable bonds is 12. The van der Waals surface area contributed by atoms with Crippen LogP contribution in [0, 0.1) is 0 Å². The van der Waals surface area contributed by atoms with Gasteiger partial charge in [-0.25, -0.2) is 4.79 Å². The van der Waals surface area contributed by atoms with E-state index in [2.05, 4.69) is 21.1 Å². The molecule has 0 saturated heterocycles. The van der Waals surface area contributed by atoms with Gasteiger partial charge in [0.15, 0.2) is 0 Å². The Labute approximate surface area is 248 Å². The number of methoxy groups -OCH3 is 1. The third-order valence-corrected chi connectivity index (χ3v) is 6.62. The average molecular weight is 657 g/mol. The number of esters is 1. The van der Waals surface area contributed by atoms with Crippen molar-refractivity contribution < 1.29 is 52.3 Å². The second-order valence-electron chi connectivity index (χ2n) is 10.3. The molecular formula is C29H38ClIN2O5. The lowest BCUT2D eigenvalue weighted by Crippen LogP contribution is -3.00. The number of halogens is 2. The molecule has 0 aliphatic carbocycles. The van der Waals surface area contributed by atoms with Crippen LogP contribution in [0.15, 0.2) is 59.8 Å². The molecule has 7 nitrogen and oxygen atoms in total. The van der Waals surface area contributed by atoms with E-state index in [1.807, 2.05) is 36.4 Å². The Morgan fingerprint density at radius 1 is 1.05 bits per heavy atom. The van der Waals surface area contributed by atoms with Gasteiger partial charge in [-0.3, -0.25) is 4.79 Å². The Morgan fingerprint density at radius 3 is 2.32 bits per heavy atom. The van der Waals surface area contributed by atoms with Gasteiger partial charge in [0.1, 0.15) is 12.4 Å². The van der Waals surface area contributed by atoms with Crippen LogP contribution < -0.4 is 28.7 Å². The topological polar surface area (TPSA) is 65.1 Å². The van der Waals surface area contributed by atoms with Gasteiger partial charge >= 0.3 is 5.97 Å². The van der Waals surface area contributed by atoms with Crippen LogP contribution in [0.1, 0.15) is 36.8 Å². The summed E-state index contributed by atoms with van der Waals surface area (Å²) in [6.07, 6.45) is 1.14. The maximum absolute atomic E-state index is 13.4. The van der Waals surface area contributed by atoms with Crippen LogP contribution in [-0.2, 0) is 25.7 Å². The lowest BCUT2D eigenvalue weighted by molar-refractivity contribution is -0.870. The minimum Gasteiger partial charge on any atom is -1.00 e. The molecule has 1 heterocycles. The van der Waals surface area contributed by atoms with Gasteiger partial charge in [-0.05, 0) is 42.3 Å². The minimum atomic E-state index is -0.437. The zero-order chi connectivity index (χ0) is 27.0. The summed E-state index contributed by atoms with van der Waals surface area (Å²) in [5, 5.41) is 0.596. The molecule has 0 spiro atoms. The molecule has 1 atom stereocenters. The molecule has 38 heavy (non-hydrogen) atoms. The lowest BCUT2D eigenvalue weighted by Gasteiger charge is -2.34. The standard InChI is InChI=1S/C29H38ClN2O5.HI/c1-21-28(26(23-9-11-24(30)12-10-23)19-27(33)31(21)15-18-35-5)29(34)37-20-22-7-13-25(14-8-22)36-17-6-16-32(2,3)4;/h7-14,26H,6,15-20H2,1-5H3;1H/q+1;/p-1. The summed E-state index contributed by atoms with van der Waals surface area (Å²) >= 11 is 6.07. The van der Waals surface area contributed by atoms with Gasteiger partial charge < -0.3 is 47.6 Å². The first-order chi connectivity index (χ1) is 17.6. The van der Waals surface area contributed by atoms with Crippen molar-refractivity contribution in [1.29, 1.82) is 0 Å². The van der Waals surface area contributed by atoms with E-state index in [9.17, 15) is 9.59 Å². The van der Waals surface area contributed by atoms with Crippen LogP contribution >= 0.6 is 11.6 Å². The SMILES string of the molecule is COCCN1C(=O)CC(c2ccc(Cl)cc2)C(C(=O)OCc2ccc(OCCC[N+](C)(C)C)cc2)=C1C.[I-]. The van der Waals surface area contributed by atoms with E-state index < -0.39 is 11.9 Å². The van der Waals surface area contributed by atoms with Crippen LogP contribution in [0.3, 0.4) is 0 Å². The van der Waals surface area contributed by atoms with Gasteiger partial charge in [0.25, 0.3) is 0 Å². The number of hydrogen-bond donors (Lipinski definition) is 0. The van der Waals surface area contributed by atoms with Crippen molar-refractivity contribution in [3.63, 3.8) is 0 Å². The van der Waals surface area contributed by atoms with Crippen molar-refractivity contribution in [1.82, 2.24) is 4.90 Å². The maximum Gasteiger partial charge on any atom is 0.336 e. The predicted molar refractivity (Wildman–Crippen MR) is 144 cm³/mol. The van der Waals surface area contributed by atoms with Crippen LogP contribution in [-0.4, -0.2) is 75.8 Å². The van der Waals surface area contributed by atoms with Crippen molar-refractivity contribution in [2.24, 2.45) is 0 Å². The predicted octanol–water partition coefficient (Wildman–Crippen LogP) is 1.80. The number of allylic oxidation sites excluding steroid dienone is 1. The number of ether oxygens (including phenoxy) is 3. The van der Waals surface area contributed by atoms with Gasteiger partial charge in [0.2, 0.25) is 5.91 Å². The number of amides is 1. The molecule has 0 saturated carbocycles. The Balaban J connectivity index is 0.00000507. The fraction of sp³-hybridized carbons (Fsp3) is 0.448. The van der Waals surface area contributed by atoms with Gasteiger partial charge in [-0.2, -0.15) is 0 Å². The van der Waals surface area contributed by atoms with Crippen molar-refractivity contribution in [3.8, 4) is 5.75 Å². The monoisotopic (exact) mass is 656 g/mol. The molecule has 0 fully saturated rings. The van der Waals surface area contributed by atoms with E-state index in [1.165, 1.54) is 0 Å². The minimum absolute atomic E-state index is 0. The highest BCUT2D eigenvalue weighted by molar-refractivity contribution is 6.30. The largest absolute Gasteiger partial charge is 1.00 e. The molecule has 1 amide bonds. The molecule has 208 valence electrons. The smallest absolute Gasteiger partial charge is 0.336 e. The quantitative estimate of drug-likeness (QED) is 0.151. The summed E-state index contributed by atoms with van der Waals surface area (Å²) < 4.78 is 17.6. The van der Waals surface area contributed by atoms with E-state index in [-0.39, 0.29) is 42.9 Å². The fourth-order valence-electron chi connectivity index (χ4n) is 4.35. The summed E-state index contributed by atoms with van der Waals surface area (Å²) in [5.74, 6) is -0.105. The summed E-state index contributed by atoms with van der Waals surface area (Å²) in [6, 6.07) is 14.8. The van der Waals surface area contributed by atoms with E-state index in [1.54, 1.807) is 31.1 Å². The molecular weight excluding hydrogens is 619 g/mol. The lowest BCUT2D eigenvalue weighted by atomic mass is 9.83. The van der Waals surface area contributed by atoms with Crippen molar-refractivity contribution in [2.75, 3.05) is 54.6 Å². The summed E-state index contributed by atoms with van der Waals surface area (Å²) in [4.78, 5) is 27.9. The van der Waals surface area contributed by atoms with E-state index in [0.29, 0.717) is 36.1 Å². The third kappa shape index (κ3) is 9.25. The van der Waals surface area contributed by atoms with Gasteiger partial charge in [-0.1, -0.05) is 35.9 Å². The third-order valence-electron chi connectivity index (χ3n) is 6.37. The first kappa shape index (κ1) is 32.1. The molecule has 0 aromatic heterocycles. The number of carbonyl (C=O) groups is 2. The molecule has 1 aliphatic rings. The number of carbonyl (C=O) groups excluding carboxylic acids is 2. The van der Waals surface area contributed by atoms with E-state index >= 15 is 0 Å². The Hall–Kier alpha value is -2.14. The zero-order valence-corrected chi connectivity index (χ0v) is 25.8. The van der Waals surface area contributed by atoms with Crippen LogP contribution in [0.4, 0.5) is 0 Å². The average Bonchev–Trinajstić information content (AvgIpc) is 2.85. The molecule has 1 aliphatic heterocycles. The van der Waals surface area contributed by atoms with Crippen LogP contribution in [0.2, 0.25) is 5.02 Å². The number of quaternary nitrogens is 1. The first-order valence-corrected chi connectivity index (χ1v) is 12.9. The highest BCUT2D eigenvalue weighted by Crippen LogP contribution is 2.37. The van der Waals surface area contributed by atoms with Crippen LogP contribution in [0.5, 0.6) is 5.75 Å². The molecule has 2 aromatic carbocycles. The molecule has 2 aromatic rings. The van der Waals surface area contributed by atoms with Gasteiger partial charge in [0.05, 0.1) is 46.5 Å². The second kappa shape index (κ2) is 14.9. The number of benzene rings is 2. The molecule has 0 bridgehead atoms.